The van der Waals surface area contributed by atoms with Crippen LogP contribution in [0.3, 0.4) is 0 Å². The fourth-order valence-corrected chi connectivity index (χ4v) is 9.39. The van der Waals surface area contributed by atoms with Gasteiger partial charge < -0.3 is 4.40 Å². The summed E-state index contributed by atoms with van der Waals surface area (Å²) in [5, 5.41) is 7.57. The number of rotatable bonds is 5. The zero-order chi connectivity index (χ0) is 37.5. The maximum absolute atomic E-state index is 4.85. The SMILES string of the molecule is c1ccc(-c2c3c(c(-c4ccccc4)c4ccccc24)-c2ccc(-c4cccc(-c5ccc6cc(-c7cn8ccccc8n7)ccc6c5)c4)c4cccc-3c24)cc1. The summed E-state index contributed by atoms with van der Waals surface area (Å²) in [7, 11) is 0. The molecule has 9 aromatic carbocycles. The monoisotopic (exact) mass is 722 g/mol. The van der Waals surface area contributed by atoms with Gasteiger partial charge in [-0.25, -0.2) is 4.98 Å². The van der Waals surface area contributed by atoms with E-state index in [1.807, 2.05) is 24.4 Å². The molecule has 0 amide bonds. The smallest absolute Gasteiger partial charge is 0.137 e. The summed E-state index contributed by atoms with van der Waals surface area (Å²) >= 11 is 0. The predicted molar refractivity (Wildman–Crippen MR) is 239 cm³/mol. The molecule has 2 heteroatoms. The normalized spacial score (nSPS) is 11.9. The van der Waals surface area contributed by atoms with E-state index >= 15 is 0 Å². The maximum atomic E-state index is 4.85. The van der Waals surface area contributed by atoms with Crippen molar-refractivity contribution in [3.8, 4) is 78.0 Å². The van der Waals surface area contributed by atoms with Crippen molar-refractivity contribution in [3.05, 3.63) is 207 Å². The highest BCUT2D eigenvalue weighted by atomic mass is 15.0. The largest absolute Gasteiger partial charge is 0.306 e. The lowest BCUT2D eigenvalue weighted by molar-refractivity contribution is 1.19. The highest BCUT2D eigenvalue weighted by Gasteiger charge is 2.31. The Balaban J connectivity index is 1.01. The van der Waals surface area contributed by atoms with E-state index in [0.717, 1.165) is 16.9 Å². The van der Waals surface area contributed by atoms with Crippen molar-refractivity contribution in [1.82, 2.24) is 9.38 Å². The lowest BCUT2D eigenvalue weighted by Gasteiger charge is -2.20. The zero-order valence-corrected chi connectivity index (χ0v) is 31.0. The number of pyridine rings is 1. The van der Waals surface area contributed by atoms with Crippen molar-refractivity contribution >= 4 is 38.0 Å². The van der Waals surface area contributed by atoms with Gasteiger partial charge in [0.15, 0.2) is 0 Å². The van der Waals surface area contributed by atoms with E-state index in [1.54, 1.807) is 0 Å². The Bertz CT molecular complexity index is 3270. The van der Waals surface area contributed by atoms with Crippen LogP contribution in [-0.2, 0) is 0 Å². The second kappa shape index (κ2) is 12.5. The van der Waals surface area contributed by atoms with E-state index in [4.69, 9.17) is 4.98 Å². The molecular formula is C55H34N2. The molecular weight excluding hydrogens is 689 g/mol. The second-order valence-corrected chi connectivity index (χ2v) is 15.1. The summed E-state index contributed by atoms with van der Waals surface area (Å²) in [5.74, 6) is 0. The Hall–Kier alpha value is -7.55. The summed E-state index contributed by atoms with van der Waals surface area (Å²) < 4.78 is 2.07. The van der Waals surface area contributed by atoms with Gasteiger partial charge in [-0.2, -0.15) is 0 Å². The fourth-order valence-electron chi connectivity index (χ4n) is 9.39. The molecule has 1 aliphatic rings. The topological polar surface area (TPSA) is 17.3 Å². The molecule has 0 spiro atoms. The van der Waals surface area contributed by atoms with Crippen molar-refractivity contribution in [2.24, 2.45) is 0 Å². The maximum Gasteiger partial charge on any atom is 0.137 e. The fraction of sp³-hybridized carbons (Fsp3) is 0. The van der Waals surface area contributed by atoms with Gasteiger partial charge in [-0.3, -0.25) is 0 Å². The van der Waals surface area contributed by atoms with Gasteiger partial charge in [0.25, 0.3) is 0 Å². The number of hydrogen-bond acceptors (Lipinski definition) is 1. The van der Waals surface area contributed by atoms with Crippen LogP contribution < -0.4 is 0 Å². The lowest BCUT2D eigenvalue weighted by atomic mass is 9.82. The Morgan fingerprint density at radius 3 is 1.60 bits per heavy atom. The number of fused-ring (bicyclic) bond motifs is 6. The van der Waals surface area contributed by atoms with Gasteiger partial charge in [0.1, 0.15) is 5.65 Å². The first-order chi connectivity index (χ1) is 28.3. The number of aromatic nitrogens is 2. The van der Waals surface area contributed by atoms with Crippen LogP contribution in [0.5, 0.6) is 0 Å². The number of benzene rings is 9. The van der Waals surface area contributed by atoms with Gasteiger partial charge in [-0.05, 0) is 129 Å². The van der Waals surface area contributed by atoms with Crippen LogP contribution in [-0.4, -0.2) is 9.38 Å². The average Bonchev–Trinajstić information content (AvgIpc) is 3.87. The van der Waals surface area contributed by atoms with Gasteiger partial charge in [-0.1, -0.05) is 164 Å². The molecule has 57 heavy (non-hydrogen) atoms. The van der Waals surface area contributed by atoms with Gasteiger partial charge in [0.05, 0.1) is 5.69 Å². The van der Waals surface area contributed by atoms with Gasteiger partial charge >= 0.3 is 0 Å². The van der Waals surface area contributed by atoms with E-state index in [9.17, 15) is 0 Å². The van der Waals surface area contributed by atoms with E-state index in [2.05, 4.69) is 187 Å². The summed E-state index contributed by atoms with van der Waals surface area (Å²) in [6, 6.07) is 71.1. The van der Waals surface area contributed by atoms with Crippen molar-refractivity contribution in [2.45, 2.75) is 0 Å². The highest BCUT2D eigenvalue weighted by molar-refractivity contribution is 6.28. The lowest BCUT2D eigenvalue weighted by Crippen LogP contribution is -1.93. The zero-order valence-electron chi connectivity index (χ0n) is 31.0. The Morgan fingerprint density at radius 1 is 0.333 bits per heavy atom. The Kier molecular flexibility index (Phi) is 6.96. The van der Waals surface area contributed by atoms with E-state index < -0.39 is 0 Å². The van der Waals surface area contributed by atoms with E-state index in [1.165, 1.54) is 99.1 Å². The number of hydrogen-bond donors (Lipinski definition) is 0. The summed E-state index contributed by atoms with van der Waals surface area (Å²) in [4.78, 5) is 4.85. The van der Waals surface area contributed by atoms with Crippen molar-refractivity contribution in [2.75, 3.05) is 0 Å². The first kappa shape index (κ1) is 31.8. The molecule has 0 saturated heterocycles. The van der Waals surface area contributed by atoms with Gasteiger partial charge in [0, 0.05) is 18.0 Å². The molecule has 0 fully saturated rings. The third-order valence-corrected chi connectivity index (χ3v) is 11.9. The van der Waals surface area contributed by atoms with Crippen LogP contribution in [0.15, 0.2) is 207 Å². The molecule has 2 aromatic heterocycles. The van der Waals surface area contributed by atoms with Crippen LogP contribution in [0.4, 0.5) is 0 Å². The summed E-state index contributed by atoms with van der Waals surface area (Å²) in [5.41, 5.74) is 18.3. The Morgan fingerprint density at radius 2 is 0.877 bits per heavy atom. The third kappa shape index (κ3) is 4.94. The van der Waals surface area contributed by atoms with Crippen LogP contribution in [0, 0.1) is 0 Å². The molecule has 0 unspecified atom stereocenters. The first-order valence-corrected chi connectivity index (χ1v) is 19.6. The van der Waals surface area contributed by atoms with Gasteiger partial charge in [0.2, 0.25) is 0 Å². The molecule has 0 radical (unpaired) electrons. The number of imidazole rings is 1. The van der Waals surface area contributed by atoms with Crippen molar-refractivity contribution in [1.29, 1.82) is 0 Å². The molecule has 264 valence electrons. The second-order valence-electron chi connectivity index (χ2n) is 15.1. The van der Waals surface area contributed by atoms with Crippen LogP contribution >= 0.6 is 0 Å². The van der Waals surface area contributed by atoms with Crippen LogP contribution in [0.25, 0.3) is 116 Å². The molecule has 0 bridgehead atoms. The standard InChI is InChI=1S/C55H34N2/c1-3-13-35(14-4-1)51-45-19-7-8-20-46(45)52(36-15-5-2-6-16-36)55-48-29-28-43(44-21-12-22-47(53(44)48)54(51)55)41-18-11-17-37(32-41)38-24-25-40-33-42(27-26-39(40)31-38)49-34-57-30-10-9-23-50(57)56-49/h1-34H. The highest BCUT2D eigenvalue weighted by Crippen LogP contribution is 2.58. The average molecular weight is 723 g/mol. The van der Waals surface area contributed by atoms with Crippen molar-refractivity contribution < 1.29 is 0 Å². The van der Waals surface area contributed by atoms with Gasteiger partial charge in [-0.15, -0.1) is 0 Å². The summed E-state index contributed by atoms with van der Waals surface area (Å²) in [6.07, 6.45) is 4.14. The minimum atomic E-state index is 0.954. The molecule has 1 aliphatic carbocycles. The minimum Gasteiger partial charge on any atom is -0.306 e. The number of nitrogens with zero attached hydrogens (tertiary/aromatic N) is 2. The third-order valence-electron chi connectivity index (χ3n) is 11.9. The molecule has 0 N–H and O–H groups in total. The van der Waals surface area contributed by atoms with E-state index in [-0.39, 0.29) is 0 Å². The predicted octanol–water partition coefficient (Wildman–Crippen LogP) is 14.8. The molecule has 0 atom stereocenters. The van der Waals surface area contributed by atoms with Crippen LogP contribution in [0.1, 0.15) is 0 Å². The first-order valence-electron chi connectivity index (χ1n) is 19.6. The minimum absolute atomic E-state index is 0.954. The molecule has 2 nitrogen and oxygen atoms in total. The van der Waals surface area contributed by atoms with Crippen LogP contribution in [0.2, 0.25) is 0 Å². The molecule has 11 aromatic rings. The quantitative estimate of drug-likeness (QED) is 0.173. The summed E-state index contributed by atoms with van der Waals surface area (Å²) in [6.45, 7) is 0. The van der Waals surface area contributed by atoms with E-state index in [0.29, 0.717) is 0 Å². The van der Waals surface area contributed by atoms with Crippen molar-refractivity contribution in [3.63, 3.8) is 0 Å². The molecule has 2 heterocycles. The molecule has 0 aliphatic heterocycles. The molecule has 0 saturated carbocycles. The molecule has 12 rings (SSSR count). The Labute approximate surface area is 330 Å².